The van der Waals surface area contributed by atoms with Crippen molar-refractivity contribution in [1.29, 1.82) is 0 Å². The third-order valence-electron chi connectivity index (χ3n) is 17.0. The zero-order chi connectivity index (χ0) is 44.2. The molecule has 5 aliphatic rings. The van der Waals surface area contributed by atoms with Crippen molar-refractivity contribution in [3.63, 3.8) is 0 Å². The van der Waals surface area contributed by atoms with E-state index in [0.29, 0.717) is 11.3 Å². The number of allylic oxidation sites excluding steroid dienone is 2. The molecule has 324 valence electrons. The van der Waals surface area contributed by atoms with Crippen molar-refractivity contribution >= 4 is 60.8 Å². The first-order valence-electron chi connectivity index (χ1n) is 24.8. The second kappa shape index (κ2) is 15.2. The third-order valence-corrected chi connectivity index (χ3v) is 17.0. The van der Waals surface area contributed by atoms with Gasteiger partial charge in [-0.25, -0.2) is 0 Å². The highest BCUT2D eigenvalue weighted by Gasteiger charge is 2.57. The number of hydrogen-bond donors (Lipinski definition) is 0. The summed E-state index contributed by atoms with van der Waals surface area (Å²) in [6.45, 7) is 2.52. The van der Waals surface area contributed by atoms with Crippen molar-refractivity contribution < 1.29 is 0 Å². The van der Waals surface area contributed by atoms with Crippen molar-refractivity contribution in [2.24, 2.45) is 23.7 Å². The molecule has 0 spiro atoms. The Morgan fingerprint density at radius 1 is 0.463 bits per heavy atom. The highest BCUT2D eigenvalue weighted by Crippen LogP contribution is 2.65. The number of nitrogens with zero attached hydrogens (tertiary/aromatic N) is 2. The van der Waals surface area contributed by atoms with Crippen LogP contribution in [0, 0.1) is 23.7 Å². The van der Waals surface area contributed by atoms with Gasteiger partial charge in [-0.3, -0.25) is 0 Å². The van der Waals surface area contributed by atoms with E-state index in [9.17, 15) is 0 Å². The second-order valence-electron chi connectivity index (χ2n) is 20.7. The van der Waals surface area contributed by atoms with Crippen molar-refractivity contribution in [1.82, 2.24) is 0 Å². The summed E-state index contributed by atoms with van der Waals surface area (Å²) >= 11 is 0. The maximum atomic E-state index is 2.52. The van der Waals surface area contributed by atoms with Crippen LogP contribution in [0.4, 0.5) is 28.4 Å². The van der Waals surface area contributed by atoms with Crippen LogP contribution in [-0.2, 0) is 5.41 Å². The lowest BCUT2D eigenvalue weighted by Crippen LogP contribution is -2.34. The lowest BCUT2D eigenvalue weighted by molar-refractivity contribution is 0.0780. The molecule has 7 atom stereocenters. The molecule has 0 N–H and O–H groups in total. The quantitative estimate of drug-likeness (QED) is 0.147. The van der Waals surface area contributed by atoms with Gasteiger partial charge in [0.2, 0.25) is 0 Å². The maximum Gasteiger partial charge on any atom is 0.0629 e. The van der Waals surface area contributed by atoms with Gasteiger partial charge in [-0.2, -0.15) is 0 Å². The van der Waals surface area contributed by atoms with Gasteiger partial charge in [-0.15, -0.1) is 0 Å². The molecule has 0 aromatic heterocycles. The molecule has 2 heteroatoms. The Hall–Kier alpha value is -7.16. The van der Waals surface area contributed by atoms with E-state index in [2.05, 4.69) is 229 Å². The smallest absolute Gasteiger partial charge is 0.0629 e. The summed E-state index contributed by atoms with van der Waals surface area (Å²) in [6.07, 6.45) is 16.1. The van der Waals surface area contributed by atoms with Crippen LogP contribution in [-0.4, -0.2) is 6.04 Å². The van der Waals surface area contributed by atoms with E-state index in [4.69, 9.17) is 0 Å². The molecule has 4 unspecified atom stereocenters. The molecule has 9 aromatic rings. The highest BCUT2D eigenvalue weighted by molar-refractivity contribution is 6.25. The van der Waals surface area contributed by atoms with Crippen molar-refractivity contribution in [3.05, 3.63) is 223 Å². The van der Waals surface area contributed by atoms with E-state index in [1.807, 2.05) is 0 Å². The summed E-state index contributed by atoms with van der Waals surface area (Å²) < 4.78 is 0. The Balaban J connectivity index is 0.811. The zero-order valence-corrected chi connectivity index (χ0v) is 38.1. The summed E-state index contributed by atoms with van der Waals surface area (Å²) in [5.41, 5.74) is 14.2. The molecule has 1 heterocycles. The van der Waals surface area contributed by atoms with E-state index in [-0.39, 0.29) is 6.04 Å². The molecule has 14 rings (SSSR count). The van der Waals surface area contributed by atoms with Gasteiger partial charge in [-0.1, -0.05) is 165 Å². The van der Waals surface area contributed by atoms with Crippen molar-refractivity contribution in [2.75, 3.05) is 9.80 Å². The largest absolute Gasteiger partial charge is 0.333 e. The standard InChI is InChI=1S/C65H54N2/c1-42-35-47-36-48-40-65(39-42,41-62(47)48)49-27-31-51(32-28-49)66(53-33-34-58-56-15-3-2-13-54(56)55-14-4-5-16-57(55)61(58)38-53)50-29-25-44(26-30-50)43-21-23-45(24-22-43)46-11-10-12-52(37-46)67-63-19-8-6-17-59(63)60-18-7-9-20-64(60)67/h2-34,37-38,42,47-48,59,62-63H,35-36,39-41H2,1H3/t42-,47-,48-,59?,62?,63?,65?/m0/s1. The fourth-order valence-electron chi connectivity index (χ4n) is 14.1. The molecule has 2 nitrogen and oxygen atoms in total. The van der Waals surface area contributed by atoms with Crippen molar-refractivity contribution in [2.45, 2.75) is 56.4 Å². The summed E-state index contributed by atoms with van der Waals surface area (Å²) in [5, 5.41) is 7.79. The minimum atomic E-state index is 0.287. The first-order chi connectivity index (χ1) is 33.0. The van der Waals surface area contributed by atoms with Gasteiger partial charge >= 0.3 is 0 Å². The molecule has 67 heavy (non-hydrogen) atoms. The molecule has 1 aliphatic heterocycles. The van der Waals surface area contributed by atoms with Crippen LogP contribution in [0.2, 0.25) is 0 Å². The molecule has 3 saturated carbocycles. The fourth-order valence-corrected chi connectivity index (χ4v) is 14.1. The van der Waals surface area contributed by atoms with Crippen LogP contribution in [0.15, 0.2) is 212 Å². The minimum absolute atomic E-state index is 0.287. The van der Waals surface area contributed by atoms with Gasteiger partial charge in [-0.05, 0) is 181 Å². The van der Waals surface area contributed by atoms with E-state index in [0.717, 1.165) is 29.4 Å². The topological polar surface area (TPSA) is 6.48 Å². The number of anilines is 5. The maximum absolute atomic E-state index is 2.52. The Bertz CT molecular complexity index is 3410. The Morgan fingerprint density at radius 2 is 1.06 bits per heavy atom. The van der Waals surface area contributed by atoms with Crippen LogP contribution >= 0.6 is 0 Å². The molecule has 0 amide bonds. The third kappa shape index (κ3) is 6.22. The molecular weight excluding hydrogens is 809 g/mol. The Morgan fingerprint density at radius 3 is 1.79 bits per heavy atom. The van der Waals surface area contributed by atoms with Crippen LogP contribution < -0.4 is 9.80 Å². The highest BCUT2D eigenvalue weighted by atomic mass is 15.2. The predicted molar refractivity (Wildman–Crippen MR) is 282 cm³/mol. The first kappa shape index (κ1) is 39.0. The lowest BCUT2D eigenvalue weighted by atomic mass is 9.63. The molecule has 4 aliphatic carbocycles. The molecule has 0 radical (unpaired) electrons. The number of hydrogen-bond acceptors (Lipinski definition) is 2. The normalized spacial score (nSPS) is 24.4. The van der Waals surface area contributed by atoms with Gasteiger partial charge in [0.15, 0.2) is 0 Å². The first-order valence-corrected chi connectivity index (χ1v) is 24.8. The van der Waals surface area contributed by atoms with E-state index in [1.54, 1.807) is 5.56 Å². The average molecular weight is 863 g/mol. The number of benzene rings is 9. The Kier molecular flexibility index (Phi) is 8.85. The number of rotatable bonds is 7. The van der Waals surface area contributed by atoms with Gasteiger partial charge < -0.3 is 9.80 Å². The summed E-state index contributed by atoms with van der Waals surface area (Å²) in [6, 6.07) is 71.4. The second-order valence-corrected chi connectivity index (χ2v) is 20.7. The summed E-state index contributed by atoms with van der Waals surface area (Å²) in [7, 11) is 0. The lowest BCUT2D eigenvalue weighted by Gasteiger charge is -2.42. The molecule has 9 aromatic carbocycles. The SMILES string of the molecule is C[C@H]1C[C@H]2C[C@H]3CC(c4ccc(N(c5ccc(-c6ccc(-c7cccc(N8c9ccccc9C9C=CC=CC98)c7)cc6)cc5)c5ccc6c7ccccc7c7ccccc7c6c5)cc4)(CC23)C1. The van der Waals surface area contributed by atoms with Crippen molar-refractivity contribution in [3.8, 4) is 22.3 Å². The Labute approximate surface area is 394 Å². The molecule has 3 fully saturated rings. The van der Waals surface area contributed by atoms with E-state index in [1.165, 1.54) is 115 Å². The molecule has 0 saturated heterocycles. The van der Waals surface area contributed by atoms with Gasteiger partial charge in [0.05, 0.1) is 6.04 Å². The number of para-hydroxylation sites is 1. The average Bonchev–Trinajstić information content (AvgIpc) is 3.84. The van der Waals surface area contributed by atoms with Crippen LogP contribution in [0.25, 0.3) is 54.6 Å². The van der Waals surface area contributed by atoms with Crippen LogP contribution in [0.1, 0.15) is 56.1 Å². The summed E-state index contributed by atoms with van der Waals surface area (Å²) in [5.74, 6) is 4.03. The number of fused-ring (bicyclic) bond motifs is 10. The van der Waals surface area contributed by atoms with Gasteiger partial charge in [0, 0.05) is 34.4 Å². The fraction of sp³-hybridized carbons (Fsp3) is 0.200. The molecular formula is C65H54N2. The predicted octanol–water partition coefficient (Wildman–Crippen LogP) is 17.4. The van der Waals surface area contributed by atoms with E-state index < -0.39 is 0 Å². The molecule has 2 bridgehead atoms. The van der Waals surface area contributed by atoms with Gasteiger partial charge in [0.25, 0.3) is 0 Å². The van der Waals surface area contributed by atoms with Crippen LogP contribution in [0.5, 0.6) is 0 Å². The van der Waals surface area contributed by atoms with Gasteiger partial charge in [0.1, 0.15) is 0 Å². The van der Waals surface area contributed by atoms with Crippen LogP contribution in [0.3, 0.4) is 0 Å². The zero-order valence-electron chi connectivity index (χ0n) is 38.1. The van der Waals surface area contributed by atoms with E-state index >= 15 is 0 Å². The summed E-state index contributed by atoms with van der Waals surface area (Å²) in [4.78, 5) is 5.00. The minimum Gasteiger partial charge on any atom is -0.333 e. The monoisotopic (exact) mass is 862 g/mol.